The van der Waals surface area contributed by atoms with E-state index in [1.54, 1.807) is 0 Å². The van der Waals surface area contributed by atoms with Crippen LogP contribution in [0.15, 0.2) is 12.2 Å². The Bertz CT molecular complexity index is 255. The summed E-state index contributed by atoms with van der Waals surface area (Å²) in [6, 6.07) is -0.0194. The van der Waals surface area contributed by atoms with E-state index in [2.05, 4.69) is 12.2 Å². The Morgan fingerprint density at radius 3 is 2.64 bits per heavy atom. The Balaban J connectivity index is 0.000000980. The van der Waals surface area contributed by atoms with Crippen molar-refractivity contribution >= 4 is 18.4 Å². The quantitative estimate of drug-likeness (QED) is 0.557. The van der Waals surface area contributed by atoms with Gasteiger partial charge in [-0.25, -0.2) is 0 Å². The van der Waals surface area contributed by atoms with Crippen molar-refractivity contribution in [2.75, 3.05) is 6.61 Å². The van der Waals surface area contributed by atoms with Gasteiger partial charge in [0.2, 0.25) is 0 Å². The SMILES string of the molecule is CCOC(=O)[C@H]1[C@@H](N)[C@@H]2C=C[C@H]1C2.Cl. The van der Waals surface area contributed by atoms with Gasteiger partial charge in [0.05, 0.1) is 12.5 Å². The molecule has 0 aliphatic heterocycles. The second kappa shape index (κ2) is 4.32. The molecule has 2 rings (SSSR count). The van der Waals surface area contributed by atoms with Crippen LogP contribution in [0.1, 0.15) is 13.3 Å². The summed E-state index contributed by atoms with van der Waals surface area (Å²) < 4.78 is 5.00. The van der Waals surface area contributed by atoms with Crippen molar-refractivity contribution in [3.8, 4) is 0 Å². The second-order valence-electron chi connectivity index (χ2n) is 3.80. The minimum absolute atomic E-state index is 0. The molecule has 14 heavy (non-hydrogen) atoms. The van der Waals surface area contributed by atoms with Gasteiger partial charge in [-0.3, -0.25) is 4.79 Å². The third-order valence-electron chi connectivity index (χ3n) is 3.08. The number of allylic oxidation sites excluding steroid dienone is 1. The van der Waals surface area contributed by atoms with E-state index >= 15 is 0 Å². The van der Waals surface area contributed by atoms with Gasteiger partial charge in [-0.2, -0.15) is 0 Å². The van der Waals surface area contributed by atoms with Crippen molar-refractivity contribution in [1.29, 1.82) is 0 Å². The van der Waals surface area contributed by atoms with E-state index in [9.17, 15) is 4.79 Å². The van der Waals surface area contributed by atoms with E-state index in [1.807, 2.05) is 6.92 Å². The van der Waals surface area contributed by atoms with Crippen molar-refractivity contribution in [2.45, 2.75) is 19.4 Å². The molecule has 2 aliphatic rings. The van der Waals surface area contributed by atoms with Crippen molar-refractivity contribution < 1.29 is 9.53 Å². The van der Waals surface area contributed by atoms with Gasteiger partial charge in [0.15, 0.2) is 0 Å². The molecule has 4 heteroatoms. The molecule has 0 saturated heterocycles. The molecule has 1 saturated carbocycles. The van der Waals surface area contributed by atoms with E-state index in [1.165, 1.54) is 0 Å². The van der Waals surface area contributed by atoms with Crippen LogP contribution in [0.25, 0.3) is 0 Å². The smallest absolute Gasteiger partial charge is 0.311 e. The Hall–Kier alpha value is -0.540. The molecule has 0 aromatic heterocycles. The van der Waals surface area contributed by atoms with Crippen LogP contribution in [0, 0.1) is 17.8 Å². The molecule has 2 N–H and O–H groups in total. The lowest BCUT2D eigenvalue weighted by molar-refractivity contribution is -0.149. The summed E-state index contributed by atoms with van der Waals surface area (Å²) in [4.78, 5) is 11.5. The fraction of sp³-hybridized carbons (Fsp3) is 0.700. The minimum atomic E-state index is -0.119. The minimum Gasteiger partial charge on any atom is -0.466 e. The lowest BCUT2D eigenvalue weighted by Crippen LogP contribution is -2.39. The molecule has 0 radical (unpaired) electrons. The van der Waals surface area contributed by atoms with Crippen LogP contribution in [-0.4, -0.2) is 18.6 Å². The zero-order chi connectivity index (χ0) is 9.42. The molecule has 80 valence electrons. The average molecular weight is 218 g/mol. The summed E-state index contributed by atoms with van der Waals surface area (Å²) in [6.45, 7) is 2.27. The number of fused-ring (bicyclic) bond motifs is 2. The van der Waals surface area contributed by atoms with Gasteiger partial charge in [0.25, 0.3) is 0 Å². The van der Waals surface area contributed by atoms with Crippen LogP contribution >= 0.6 is 12.4 Å². The molecular weight excluding hydrogens is 202 g/mol. The molecule has 0 amide bonds. The van der Waals surface area contributed by atoms with E-state index in [0.29, 0.717) is 18.4 Å². The first-order valence-corrected chi connectivity index (χ1v) is 4.84. The zero-order valence-electron chi connectivity index (χ0n) is 8.18. The normalized spacial score (nSPS) is 38.1. The zero-order valence-corrected chi connectivity index (χ0v) is 9.00. The molecule has 0 heterocycles. The maximum Gasteiger partial charge on any atom is 0.311 e. The maximum atomic E-state index is 11.5. The number of hydrogen-bond acceptors (Lipinski definition) is 3. The summed E-state index contributed by atoms with van der Waals surface area (Å²) in [5.41, 5.74) is 5.94. The standard InChI is InChI=1S/C10H15NO2.ClH/c1-2-13-10(12)8-6-3-4-7(5-6)9(8)11;/h3-4,6-9H,2,5,11H2,1H3;1H/t6-,7+,8+,9-;/m0./s1. The number of carbonyl (C=O) groups is 1. The first kappa shape index (κ1) is 11.5. The van der Waals surface area contributed by atoms with Crippen LogP contribution in [0.2, 0.25) is 0 Å². The van der Waals surface area contributed by atoms with Gasteiger partial charge in [-0.15, -0.1) is 12.4 Å². The number of nitrogens with two attached hydrogens (primary N) is 1. The van der Waals surface area contributed by atoms with Gasteiger partial charge < -0.3 is 10.5 Å². The summed E-state index contributed by atoms with van der Waals surface area (Å²) in [5.74, 6) is 0.528. The third kappa shape index (κ3) is 1.66. The highest BCUT2D eigenvalue weighted by Crippen LogP contribution is 2.43. The Kier molecular flexibility index (Phi) is 3.56. The molecule has 4 atom stereocenters. The molecule has 0 aromatic rings. The van der Waals surface area contributed by atoms with E-state index in [0.717, 1.165) is 6.42 Å². The number of ether oxygens (including phenoxy) is 1. The fourth-order valence-corrected chi connectivity index (χ4v) is 2.43. The number of hydrogen-bond donors (Lipinski definition) is 1. The molecule has 2 bridgehead atoms. The Morgan fingerprint density at radius 2 is 2.14 bits per heavy atom. The van der Waals surface area contributed by atoms with Crippen LogP contribution in [-0.2, 0) is 9.53 Å². The third-order valence-corrected chi connectivity index (χ3v) is 3.08. The van der Waals surface area contributed by atoms with Gasteiger partial charge in [0, 0.05) is 6.04 Å². The number of halogens is 1. The van der Waals surface area contributed by atoms with Gasteiger partial charge in [0.1, 0.15) is 0 Å². The highest BCUT2D eigenvalue weighted by atomic mass is 35.5. The van der Waals surface area contributed by atoms with Crippen LogP contribution in [0.5, 0.6) is 0 Å². The van der Waals surface area contributed by atoms with Crippen LogP contribution < -0.4 is 5.73 Å². The van der Waals surface area contributed by atoms with E-state index in [4.69, 9.17) is 10.5 Å². The predicted octanol–water partition coefficient (Wildman–Crippen LogP) is 1.12. The molecule has 3 nitrogen and oxygen atoms in total. The lowest BCUT2D eigenvalue weighted by atomic mass is 9.90. The Labute approximate surface area is 90.1 Å². The summed E-state index contributed by atoms with van der Waals surface area (Å²) in [5, 5.41) is 0. The Morgan fingerprint density at radius 1 is 1.50 bits per heavy atom. The van der Waals surface area contributed by atoms with Crippen LogP contribution in [0.4, 0.5) is 0 Å². The molecule has 0 spiro atoms. The fourth-order valence-electron chi connectivity index (χ4n) is 2.43. The molecule has 0 unspecified atom stereocenters. The van der Waals surface area contributed by atoms with E-state index in [-0.39, 0.29) is 30.3 Å². The van der Waals surface area contributed by atoms with Gasteiger partial charge in [-0.05, 0) is 25.2 Å². The topological polar surface area (TPSA) is 52.3 Å². The first-order chi connectivity index (χ1) is 6.24. The number of esters is 1. The number of rotatable bonds is 2. The summed E-state index contributed by atoms with van der Waals surface area (Å²) >= 11 is 0. The molecule has 0 aromatic carbocycles. The first-order valence-electron chi connectivity index (χ1n) is 4.84. The largest absolute Gasteiger partial charge is 0.466 e. The maximum absolute atomic E-state index is 11.5. The van der Waals surface area contributed by atoms with Crippen molar-refractivity contribution in [2.24, 2.45) is 23.5 Å². The molecule has 1 fully saturated rings. The lowest BCUT2D eigenvalue weighted by Gasteiger charge is -2.22. The number of carbonyl (C=O) groups excluding carboxylic acids is 1. The molecular formula is C10H16ClNO2. The monoisotopic (exact) mass is 217 g/mol. The van der Waals surface area contributed by atoms with Crippen LogP contribution in [0.3, 0.4) is 0 Å². The molecule has 2 aliphatic carbocycles. The second-order valence-corrected chi connectivity index (χ2v) is 3.80. The summed E-state index contributed by atoms with van der Waals surface area (Å²) in [7, 11) is 0. The van der Waals surface area contributed by atoms with Gasteiger partial charge in [-0.1, -0.05) is 12.2 Å². The highest BCUT2D eigenvalue weighted by Gasteiger charge is 2.46. The predicted molar refractivity (Wildman–Crippen MR) is 56.1 cm³/mol. The van der Waals surface area contributed by atoms with Crippen molar-refractivity contribution in [3.63, 3.8) is 0 Å². The van der Waals surface area contributed by atoms with E-state index < -0.39 is 0 Å². The van der Waals surface area contributed by atoms with Crippen molar-refractivity contribution in [1.82, 2.24) is 0 Å². The average Bonchev–Trinajstić information content (AvgIpc) is 2.63. The van der Waals surface area contributed by atoms with Gasteiger partial charge >= 0.3 is 5.97 Å². The van der Waals surface area contributed by atoms with Crippen molar-refractivity contribution in [3.05, 3.63) is 12.2 Å². The summed E-state index contributed by atoms with van der Waals surface area (Å²) in [6.07, 6.45) is 5.27. The highest BCUT2D eigenvalue weighted by molar-refractivity contribution is 5.85.